The minimum Gasteiger partial charge on any atom is -0.496 e. The van der Waals surface area contributed by atoms with Crippen molar-refractivity contribution < 1.29 is 112 Å². The van der Waals surface area contributed by atoms with Crippen molar-refractivity contribution in [1.82, 2.24) is 62.2 Å². The fourth-order valence-electron chi connectivity index (χ4n) is 24.0. The number of nitrogens with zero attached hydrogens (tertiary/aromatic N) is 4. The minimum atomic E-state index is -2.44. The molecule has 1 aromatic heterocycles. The largest absolute Gasteiger partial charge is 0.496 e. The Morgan fingerprint density at radius 3 is 1.92 bits per heavy atom. The van der Waals surface area contributed by atoms with Crippen LogP contribution in [0.25, 0.3) is 10.9 Å². The third-order valence-corrected chi connectivity index (χ3v) is 30.8. The summed E-state index contributed by atoms with van der Waals surface area (Å²) in [6, 6.07) is -0.165. The van der Waals surface area contributed by atoms with Crippen LogP contribution in [0.2, 0.25) is 0 Å². The van der Waals surface area contributed by atoms with E-state index in [1.54, 1.807) is 7.11 Å². The number of piperidine rings is 1. The molecule has 11 aliphatic rings. The summed E-state index contributed by atoms with van der Waals surface area (Å²) in [5, 5.41) is 104. The molecule has 130 heavy (non-hydrogen) atoms. The number of aromatic nitrogens is 1. The van der Waals surface area contributed by atoms with Crippen molar-refractivity contribution in [2.45, 2.75) is 251 Å². The summed E-state index contributed by atoms with van der Waals surface area (Å²) in [6.07, 6.45) is 9.80. The number of aliphatic hydroxyl groups excluding tert-OH is 5. The average molecular weight is 1820 g/mol. The molecular formula is C93H138N14O23. The molecule has 14 rings (SSSR count). The third kappa shape index (κ3) is 19.4. The number of nitrogens with one attached hydrogen (secondary N) is 9. The number of benzene rings is 2. The van der Waals surface area contributed by atoms with Crippen molar-refractivity contribution in [2.24, 2.45) is 39.7 Å². The zero-order chi connectivity index (χ0) is 93.6. The number of carbonyl (C=O) groups excluding carboxylic acids is 11. The number of rotatable bonds is 40. The smallest absolute Gasteiger partial charge is 0.322 e. The number of β-amino-alcohol motifs (C(OH)–C–C–N with tert-alkyl or cyclic N) is 1. The van der Waals surface area contributed by atoms with Gasteiger partial charge in [0, 0.05) is 124 Å². The van der Waals surface area contributed by atoms with E-state index in [-0.39, 0.29) is 69.4 Å². The van der Waals surface area contributed by atoms with E-state index in [2.05, 4.69) is 69.5 Å². The highest BCUT2D eigenvalue weighted by molar-refractivity contribution is 6.00. The van der Waals surface area contributed by atoms with Crippen LogP contribution in [-0.4, -0.2) is 332 Å². The zero-order valence-corrected chi connectivity index (χ0v) is 76.4. The fourth-order valence-corrected chi connectivity index (χ4v) is 24.0. The molecule has 3 aromatic rings. The number of para-hydroxylation sites is 1. The van der Waals surface area contributed by atoms with Gasteiger partial charge in [-0.25, -0.2) is 0 Å². The molecule has 7 heterocycles. The molecule has 10 amide bonds. The van der Waals surface area contributed by atoms with Gasteiger partial charge in [-0.15, -0.1) is 0 Å². The number of esters is 1. The maximum absolute atomic E-state index is 16.1. The van der Waals surface area contributed by atoms with E-state index in [4.69, 9.17) is 29.4 Å². The molecule has 7 unspecified atom stereocenters. The lowest BCUT2D eigenvalue weighted by molar-refractivity contribution is -0.204. The first kappa shape index (κ1) is 98.5. The van der Waals surface area contributed by atoms with Crippen molar-refractivity contribution in [1.29, 1.82) is 0 Å². The number of aromatic amines is 1. The first-order chi connectivity index (χ1) is 62.1. The highest BCUT2D eigenvalue weighted by Crippen LogP contribution is 2.68. The van der Waals surface area contributed by atoms with E-state index in [1.165, 1.54) is 14.2 Å². The molecule has 18 N–H and O–H groups in total. The van der Waals surface area contributed by atoms with Crippen LogP contribution in [0.5, 0.6) is 5.75 Å². The third-order valence-electron chi connectivity index (χ3n) is 30.8. The molecule has 1 spiro atoms. The topological polar surface area (TPSA) is 527 Å². The van der Waals surface area contributed by atoms with Gasteiger partial charge in [-0.2, -0.15) is 0 Å². The van der Waals surface area contributed by atoms with Crippen LogP contribution in [0, 0.1) is 34.0 Å². The Balaban J connectivity index is 0.655. The Morgan fingerprint density at radius 1 is 0.669 bits per heavy atom. The number of aliphatic hydroxyl groups is 7. The minimum absolute atomic E-state index is 0.0376. The van der Waals surface area contributed by atoms with Crippen LogP contribution in [0.15, 0.2) is 48.6 Å². The number of likely N-dealkylation sites (tertiary alicyclic amines) is 1. The van der Waals surface area contributed by atoms with Crippen LogP contribution < -0.4 is 57.9 Å². The maximum Gasteiger partial charge on any atom is 0.322 e. The first-order valence-corrected chi connectivity index (χ1v) is 46.7. The quantitative estimate of drug-likeness (QED) is 0.0189. The van der Waals surface area contributed by atoms with Crippen LogP contribution in [0.4, 0.5) is 5.69 Å². The zero-order valence-electron chi connectivity index (χ0n) is 76.4. The molecule has 37 heteroatoms. The Kier molecular flexibility index (Phi) is 31.3. The van der Waals surface area contributed by atoms with Crippen LogP contribution >= 0.6 is 0 Å². The van der Waals surface area contributed by atoms with Gasteiger partial charge in [0.1, 0.15) is 66.2 Å². The lowest BCUT2D eigenvalue weighted by Crippen LogP contribution is -2.82. The van der Waals surface area contributed by atoms with Gasteiger partial charge in [-0.05, 0) is 161 Å². The number of anilines is 1. The molecule has 5 saturated carbocycles. The summed E-state index contributed by atoms with van der Waals surface area (Å²) in [7, 11) is 6.38. The van der Waals surface area contributed by atoms with Crippen molar-refractivity contribution in [3.63, 3.8) is 0 Å². The number of hydrogen-bond acceptors (Lipinski definition) is 26. The van der Waals surface area contributed by atoms with Crippen molar-refractivity contribution >= 4 is 81.6 Å². The van der Waals surface area contributed by atoms with Crippen LogP contribution in [0.1, 0.15) is 178 Å². The molecule has 4 bridgehead atoms. The summed E-state index contributed by atoms with van der Waals surface area (Å²) >= 11 is 0. The number of likely N-dealkylation sites (N-methyl/N-ethyl adjacent to an activating group) is 1. The lowest BCUT2D eigenvalue weighted by Gasteiger charge is -2.63. The monoisotopic (exact) mass is 1820 g/mol. The highest BCUT2D eigenvalue weighted by atomic mass is 16.5. The Morgan fingerprint density at radius 2 is 1.29 bits per heavy atom. The number of methoxy groups -OCH3 is 3. The fraction of sp³-hybridized carbons (Fsp3) is 0.710. The average Bonchev–Trinajstić information content (AvgIpc) is 1.47. The molecule has 0 radical (unpaired) electrons. The molecule has 3 saturated heterocycles. The number of hydrogen-bond donors (Lipinski definition) is 17. The molecule has 718 valence electrons. The number of amides is 10. The number of nitrogens with two attached hydrogens (primary N) is 1. The molecule has 37 nitrogen and oxygen atoms in total. The second kappa shape index (κ2) is 41.2. The lowest BCUT2D eigenvalue weighted by atomic mass is 9.47. The number of carbonyl (C=O) groups is 11. The molecule has 5 aliphatic carbocycles. The van der Waals surface area contributed by atoms with Crippen molar-refractivity contribution in [3.8, 4) is 5.75 Å². The number of H-pyrrole nitrogens is 1. The van der Waals surface area contributed by atoms with E-state index in [0.717, 1.165) is 33.4 Å². The highest BCUT2D eigenvalue weighted by Gasteiger charge is 2.79. The SMILES string of the molecule is CC[C@]1(O)CC2CN(CCc3c([nH]c4ccccc34)[C@@](C(=O)OC)(c3cc4c(cc3OC)N(C)C3C45CCN4CC=C[C@](CC)(C45)[C@@H](O)[C@]3(O)C(=O)NCC34CCC(CNC(=O)[C@H](CC(C)C)NC(=O)[C@H](CO)NC(=O)[C@H](CCC(N)=O)NC(=O)C(NC(=O)[C@H](CO)NC(=O)[C@H](CO)NC(=O)C5C[C@@H](O)CN5C(=O)COCCOCCOC)C5CCCCC5)(CC3)CC4)C2)C1. The van der Waals surface area contributed by atoms with Gasteiger partial charge in [-0.1, -0.05) is 77.3 Å². The van der Waals surface area contributed by atoms with E-state index in [9.17, 15) is 78.9 Å². The Labute approximate surface area is 758 Å². The van der Waals surface area contributed by atoms with Gasteiger partial charge in [-0.3, -0.25) is 62.5 Å². The van der Waals surface area contributed by atoms with E-state index in [0.29, 0.717) is 165 Å². The number of fused-ring (bicyclic) bond motifs is 9. The predicted octanol–water partition coefficient (Wildman–Crippen LogP) is -0.761. The maximum atomic E-state index is 16.1. The Hall–Kier alpha value is -8.99. The molecular weight excluding hydrogens is 1680 g/mol. The molecule has 8 fully saturated rings. The van der Waals surface area contributed by atoms with E-state index in [1.807, 2.05) is 76.1 Å². The van der Waals surface area contributed by atoms with Gasteiger partial charge in [0.2, 0.25) is 53.2 Å². The van der Waals surface area contributed by atoms with Crippen molar-refractivity contribution in [2.75, 3.05) is 138 Å². The van der Waals surface area contributed by atoms with Gasteiger partial charge in [0.15, 0.2) is 5.60 Å². The standard InChI is InChI=1S/C93H138N14O23/c1-9-89(124)43-55-44-92(86(123)128-8,74-59(23-33-105(45-55)53-89)58-19-14-15-20-62(58)97-74)61-41-60-68(42-70(61)127-7)104(5)83-91(60)31-34-106-32-16-24-90(10-2,82(91)106)84(121)93(83,125)85(122)96-52-88-28-25-87(26-29-88,27-30-88)51-95-75(114)64(39-54(3)4)99-77(116)65(47-108)100-76(115)63(21-22-71(94)112)98-81(120)73(56-17-12-11-13-18-56)103-79(118)67(49-110)101-78(117)66(48-109)102-80(119)69-40-57(111)46-107(69)72(113)50-130-38-37-129-36-35-126-6/h14-16,19-20,24,41-42,54-57,63-67,69,73,82-84,97,108-111,121,124-125H,9-13,17-18,21-23,25-40,43-53H2,1-8H3,(H2,94,112)(H,95,114)(H,96,122)(H,98,120)(H,99,116)(H,100,115)(H,101,117)(H,102,119)(H,103,118)/t55?,57-,63+,64+,65+,66+,67+,69?,73?,82?,83?,84-,87?,88?,89+,90-,91?,92+,93+/m1/s1. The van der Waals surface area contributed by atoms with E-state index < -0.39 is 210 Å². The summed E-state index contributed by atoms with van der Waals surface area (Å²) in [6.45, 7) is 8.15. The number of ether oxygens (including phenoxy) is 5. The van der Waals surface area contributed by atoms with Gasteiger partial charge in [0.25, 0.3) is 5.91 Å². The summed E-state index contributed by atoms with van der Waals surface area (Å²) in [5.74, 6) is -9.86. The Bertz CT molecular complexity index is 4640. The second-order valence-electron chi connectivity index (χ2n) is 39.0. The molecule has 2 aromatic carbocycles. The predicted molar refractivity (Wildman–Crippen MR) is 474 cm³/mol. The molecule has 6 aliphatic heterocycles. The normalized spacial score (nSPS) is 30.4. The summed E-state index contributed by atoms with van der Waals surface area (Å²) in [4.78, 5) is 168. The van der Waals surface area contributed by atoms with Crippen LogP contribution in [0.3, 0.4) is 0 Å². The summed E-state index contributed by atoms with van der Waals surface area (Å²) in [5.41, 5.74) is 2.23. The number of primary amides is 1. The van der Waals surface area contributed by atoms with Crippen molar-refractivity contribution in [3.05, 3.63) is 70.9 Å². The summed E-state index contributed by atoms with van der Waals surface area (Å²) < 4.78 is 28.3. The van der Waals surface area contributed by atoms with Crippen LogP contribution in [-0.2, 0) is 88.9 Å². The van der Waals surface area contributed by atoms with Gasteiger partial charge >= 0.3 is 5.97 Å². The first-order valence-electron chi connectivity index (χ1n) is 46.7. The van der Waals surface area contributed by atoms with Gasteiger partial charge < -0.3 is 122 Å². The van der Waals surface area contributed by atoms with Gasteiger partial charge in [0.05, 0.1) is 78.2 Å². The van der Waals surface area contributed by atoms with E-state index >= 15 is 9.59 Å². The molecule has 18 atom stereocenters. The second-order valence-corrected chi connectivity index (χ2v) is 39.0.